The quantitative estimate of drug-likeness (QED) is 0.714. The van der Waals surface area contributed by atoms with Crippen LogP contribution >= 0.6 is 0 Å². The summed E-state index contributed by atoms with van der Waals surface area (Å²) in [5, 5.41) is 2.96. The third kappa shape index (κ3) is 4.12. The van der Waals surface area contributed by atoms with Gasteiger partial charge in [0.1, 0.15) is 12.4 Å². The van der Waals surface area contributed by atoms with Gasteiger partial charge in [-0.25, -0.2) is 4.98 Å². The molecule has 0 spiro atoms. The second-order valence-corrected chi connectivity index (χ2v) is 6.97. The minimum atomic E-state index is -0.382. The van der Waals surface area contributed by atoms with Crippen molar-refractivity contribution in [3.05, 3.63) is 60.2 Å². The molecule has 1 fully saturated rings. The molecule has 1 unspecified atom stereocenters. The largest absolute Gasteiger partial charge is 0.378 e. The second kappa shape index (κ2) is 8.40. The van der Waals surface area contributed by atoms with E-state index >= 15 is 0 Å². The Bertz CT molecular complexity index is 1010. The molecule has 1 saturated heterocycles. The molecular weight excluding hydrogens is 370 g/mol. The van der Waals surface area contributed by atoms with Crippen LogP contribution in [0.2, 0.25) is 0 Å². The van der Waals surface area contributed by atoms with Gasteiger partial charge in [0, 0.05) is 25.5 Å². The molecule has 0 bridgehead atoms. The molecule has 150 valence electrons. The molecule has 2 aromatic heterocycles. The van der Waals surface area contributed by atoms with Crippen molar-refractivity contribution in [2.45, 2.75) is 19.5 Å². The highest BCUT2D eigenvalue weighted by Gasteiger charge is 2.23. The first-order valence-corrected chi connectivity index (χ1v) is 9.65. The zero-order chi connectivity index (χ0) is 20.2. The monoisotopic (exact) mass is 393 g/mol. The van der Waals surface area contributed by atoms with Gasteiger partial charge in [0.25, 0.3) is 5.91 Å². The second-order valence-electron chi connectivity index (χ2n) is 6.97. The number of carbonyl (C=O) groups is 2. The minimum Gasteiger partial charge on any atom is -0.378 e. The number of benzene rings is 1. The van der Waals surface area contributed by atoms with Gasteiger partial charge in [-0.2, -0.15) is 0 Å². The lowest BCUT2D eigenvalue weighted by Gasteiger charge is -2.27. The molecular formula is C21H23N5O3. The molecule has 4 rings (SSSR count). The van der Waals surface area contributed by atoms with E-state index in [1.54, 1.807) is 23.2 Å². The Morgan fingerprint density at radius 1 is 1.17 bits per heavy atom. The molecule has 1 aliphatic rings. The first-order chi connectivity index (χ1) is 14.1. The number of nitrogens with one attached hydrogen (secondary N) is 1. The summed E-state index contributed by atoms with van der Waals surface area (Å²) in [6.07, 6.45) is 3.14. The maximum atomic E-state index is 12.9. The Morgan fingerprint density at radius 2 is 1.97 bits per heavy atom. The predicted molar refractivity (Wildman–Crippen MR) is 107 cm³/mol. The Labute approximate surface area is 168 Å². The summed E-state index contributed by atoms with van der Waals surface area (Å²) in [7, 11) is 0. The van der Waals surface area contributed by atoms with Crippen LogP contribution in [0.4, 0.5) is 0 Å². The lowest BCUT2D eigenvalue weighted by Crippen LogP contribution is -2.42. The Morgan fingerprint density at radius 3 is 2.72 bits per heavy atom. The normalized spacial score (nSPS) is 15.3. The van der Waals surface area contributed by atoms with Gasteiger partial charge in [0.05, 0.1) is 35.9 Å². The number of para-hydroxylation sites is 2. The highest BCUT2D eigenvalue weighted by atomic mass is 16.5. The molecule has 0 radical (unpaired) electrons. The van der Waals surface area contributed by atoms with Crippen LogP contribution in [0.3, 0.4) is 0 Å². The van der Waals surface area contributed by atoms with Crippen LogP contribution < -0.4 is 5.32 Å². The molecule has 1 aromatic carbocycles. The Hall–Kier alpha value is -3.26. The molecule has 0 saturated carbocycles. The highest BCUT2D eigenvalue weighted by molar-refractivity contribution is 5.94. The van der Waals surface area contributed by atoms with Crippen LogP contribution in [0, 0.1) is 0 Å². The zero-order valence-electron chi connectivity index (χ0n) is 16.2. The van der Waals surface area contributed by atoms with E-state index in [-0.39, 0.29) is 24.4 Å². The fourth-order valence-electron chi connectivity index (χ4n) is 3.48. The molecule has 1 N–H and O–H groups in total. The van der Waals surface area contributed by atoms with E-state index in [1.165, 1.54) is 6.20 Å². The fourth-order valence-corrected chi connectivity index (χ4v) is 3.48. The fraction of sp³-hybridized carbons (Fsp3) is 0.333. The molecule has 1 atom stereocenters. The van der Waals surface area contributed by atoms with E-state index < -0.39 is 0 Å². The SMILES string of the molecule is CC(NC(=O)c1cccnc1)c1nc2ccccc2n1CC(=O)N1CCOCC1. The van der Waals surface area contributed by atoms with E-state index in [0.29, 0.717) is 37.7 Å². The number of hydrogen-bond acceptors (Lipinski definition) is 5. The van der Waals surface area contributed by atoms with Crippen LogP contribution in [0.15, 0.2) is 48.8 Å². The smallest absolute Gasteiger partial charge is 0.253 e. The number of morpholine rings is 1. The third-order valence-electron chi connectivity index (χ3n) is 5.00. The van der Waals surface area contributed by atoms with Crippen molar-refractivity contribution < 1.29 is 14.3 Å². The topological polar surface area (TPSA) is 89.3 Å². The van der Waals surface area contributed by atoms with Gasteiger partial charge in [-0.05, 0) is 31.2 Å². The average Bonchev–Trinajstić information content (AvgIpc) is 3.13. The number of carbonyl (C=O) groups excluding carboxylic acids is 2. The molecule has 3 heterocycles. The van der Waals surface area contributed by atoms with Crippen molar-refractivity contribution in [2.75, 3.05) is 26.3 Å². The average molecular weight is 393 g/mol. The van der Waals surface area contributed by atoms with Crippen molar-refractivity contribution in [2.24, 2.45) is 0 Å². The number of amides is 2. The number of ether oxygens (including phenoxy) is 1. The van der Waals surface area contributed by atoms with Gasteiger partial charge in [0.15, 0.2) is 0 Å². The standard InChI is InChI=1S/C21H23N5O3/c1-15(23-21(28)16-5-4-8-22-13-16)20-24-17-6-2-3-7-18(17)26(20)14-19(27)25-9-11-29-12-10-25/h2-8,13,15H,9-12,14H2,1H3,(H,23,28). The van der Waals surface area contributed by atoms with Crippen molar-refractivity contribution in [1.29, 1.82) is 0 Å². The molecule has 0 aliphatic carbocycles. The maximum Gasteiger partial charge on any atom is 0.253 e. The van der Waals surface area contributed by atoms with Crippen molar-refractivity contribution in [1.82, 2.24) is 24.8 Å². The number of pyridine rings is 1. The Kier molecular flexibility index (Phi) is 5.53. The van der Waals surface area contributed by atoms with E-state index in [2.05, 4.69) is 10.3 Å². The highest BCUT2D eigenvalue weighted by Crippen LogP contribution is 2.21. The third-order valence-corrected chi connectivity index (χ3v) is 5.00. The van der Waals surface area contributed by atoms with Crippen LogP contribution in [-0.4, -0.2) is 57.6 Å². The number of nitrogens with zero attached hydrogens (tertiary/aromatic N) is 4. The zero-order valence-corrected chi connectivity index (χ0v) is 16.2. The maximum absolute atomic E-state index is 12.9. The van der Waals surface area contributed by atoms with Gasteiger partial charge < -0.3 is 19.5 Å². The van der Waals surface area contributed by atoms with Crippen molar-refractivity contribution in [3.8, 4) is 0 Å². The number of rotatable bonds is 5. The van der Waals surface area contributed by atoms with Crippen LogP contribution in [-0.2, 0) is 16.1 Å². The van der Waals surface area contributed by atoms with Gasteiger partial charge >= 0.3 is 0 Å². The van der Waals surface area contributed by atoms with Crippen LogP contribution in [0.5, 0.6) is 0 Å². The Balaban J connectivity index is 1.60. The lowest BCUT2D eigenvalue weighted by atomic mass is 10.2. The summed E-state index contributed by atoms with van der Waals surface area (Å²) in [5.41, 5.74) is 2.14. The summed E-state index contributed by atoms with van der Waals surface area (Å²) < 4.78 is 7.23. The van der Waals surface area contributed by atoms with Gasteiger partial charge in [-0.1, -0.05) is 12.1 Å². The van der Waals surface area contributed by atoms with E-state index in [0.717, 1.165) is 11.0 Å². The van der Waals surface area contributed by atoms with Gasteiger partial charge in [0.2, 0.25) is 5.91 Å². The molecule has 29 heavy (non-hydrogen) atoms. The first-order valence-electron chi connectivity index (χ1n) is 9.65. The molecule has 1 aliphatic heterocycles. The summed E-state index contributed by atoms with van der Waals surface area (Å²) >= 11 is 0. The van der Waals surface area contributed by atoms with E-state index in [1.807, 2.05) is 35.8 Å². The van der Waals surface area contributed by atoms with Crippen LogP contribution in [0.25, 0.3) is 11.0 Å². The number of imidazole rings is 1. The number of fused-ring (bicyclic) bond motifs is 1. The lowest BCUT2D eigenvalue weighted by molar-refractivity contribution is -0.135. The molecule has 8 nitrogen and oxygen atoms in total. The minimum absolute atomic E-state index is 0.0171. The van der Waals surface area contributed by atoms with Crippen LogP contribution in [0.1, 0.15) is 29.1 Å². The van der Waals surface area contributed by atoms with E-state index in [9.17, 15) is 9.59 Å². The van der Waals surface area contributed by atoms with Gasteiger partial charge in [-0.15, -0.1) is 0 Å². The van der Waals surface area contributed by atoms with Crippen molar-refractivity contribution >= 4 is 22.8 Å². The summed E-state index contributed by atoms with van der Waals surface area (Å²) in [4.78, 5) is 35.9. The summed E-state index contributed by atoms with van der Waals surface area (Å²) in [5.74, 6) is 0.428. The van der Waals surface area contributed by atoms with E-state index in [4.69, 9.17) is 9.72 Å². The molecule has 2 amide bonds. The molecule has 8 heteroatoms. The summed E-state index contributed by atoms with van der Waals surface area (Å²) in [6.45, 7) is 4.33. The first kappa shape index (κ1) is 19.1. The van der Waals surface area contributed by atoms with Gasteiger partial charge in [-0.3, -0.25) is 14.6 Å². The number of aromatic nitrogens is 3. The number of hydrogen-bond donors (Lipinski definition) is 1. The van der Waals surface area contributed by atoms with Crippen molar-refractivity contribution in [3.63, 3.8) is 0 Å². The predicted octanol–water partition coefficient (Wildman–Crippen LogP) is 1.78. The summed E-state index contributed by atoms with van der Waals surface area (Å²) in [6, 6.07) is 10.7. The molecule has 3 aromatic rings.